The molecule has 0 aromatic heterocycles. The highest BCUT2D eigenvalue weighted by Gasteiger charge is 2.40. The Kier molecular flexibility index (Phi) is 5.18. The third-order valence-corrected chi connectivity index (χ3v) is 5.07. The number of ether oxygens (including phenoxy) is 2. The Morgan fingerprint density at radius 1 is 1.24 bits per heavy atom. The highest BCUT2D eigenvalue weighted by molar-refractivity contribution is 8.16. The molecule has 25 heavy (non-hydrogen) atoms. The van der Waals surface area contributed by atoms with Gasteiger partial charge in [0.2, 0.25) is 0 Å². The van der Waals surface area contributed by atoms with Crippen molar-refractivity contribution in [1.82, 2.24) is 4.90 Å². The van der Waals surface area contributed by atoms with Crippen molar-refractivity contribution >= 4 is 22.9 Å². The standard InChI is InChI=1S/C19H22N2O3S/c1-5-23-15-10-8-7-9-14(15)17-16(18(22)24-6-2)13(4)20-19-21(17)12(3)11-25-19/h7-11,17H,5-6H2,1-4H3/t17-/m0/s1. The summed E-state index contributed by atoms with van der Waals surface area (Å²) >= 11 is 1.57. The predicted octanol–water partition coefficient (Wildman–Crippen LogP) is 4.24. The van der Waals surface area contributed by atoms with Crippen LogP contribution in [0.2, 0.25) is 0 Å². The molecule has 0 N–H and O–H groups in total. The molecule has 0 saturated carbocycles. The van der Waals surface area contributed by atoms with Gasteiger partial charge in [0.25, 0.3) is 0 Å². The molecular weight excluding hydrogens is 336 g/mol. The number of esters is 1. The molecule has 1 aromatic carbocycles. The number of allylic oxidation sites excluding steroid dienone is 2. The zero-order chi connectivity index (χ0) is 18.0. The molecule has 2 aliphatic heterocycles. The number of nitrogens with zero attached hydrogens (tertiary/aromatic N) is 2. The van der Waals surface area contributed by atoms with Gasteiger partial charge in [-0.1, -0.05) is 30.0 Å². The van der Waals surface area contributed by atoms with E-state index in [0.717, 1.165) is 22.2 Å². The molecular formula is C19H22N2O3S. The van der Waals surface area contributed by atoms with Crippen LogP contribution in [0.4, 0.5) is 0 Å². The lowest BCUT2D eigenvalue weighted by Gasteiger charge is -2.36. The van der Waals surface area contributed by atoms with Crippen LogP contribution in [-0.2, 0) is 9.53 Å². The van der Waals surface area contributed by atoms with E-state index in [1.165, 1.54) is 0 Å². The monoisotopic (exact) mass is 358 g/mol. The number of para-hydroxylation sites is 1. The zero-order valence-corrected chi connectivity index (χ0v) is 15.7. The average Bonchev–Trinajstić information content (AvgIpc) is 2.95. The lowest BCUT2D eigenvalue weighted by Crippen LogP contribution is -2.36. The van der Waals surface area contributed by atoms with E-state index in [2.05, 4.69) is 15.3 Å². The van der Waals surface area contributed by atoms with E-state index in [1.807, 2.05) is 52.0 Å². The topological polar surface area (TPSA) is 51.1 Å². The third-order valence-electron chi connectivity index (χ3n) is 4.11. The summed E-state index contributed by atoms with van der Waals surface area (Å²) < 4.78 is 11.2. The van der Waals surface area contributed by atoms with E-state index in [1.54, 1.807) is 11.8 Å². The van der Waals surface area contributed by atoms with Crippen molar-refractivity contribution in [3.8, 4) is 5.75 Å². The van der Waals surface area contributed by atoms with E-state index >= 15 is 0 Å². The third kappa shape index (κ3) is 3.18. The van der Waals surface area contributed by atoms with Gasteiger partial charge in [-0.05, 0) is 39.2 Å². The largest absolute Gasteiger partial charge is 0.494 e. The highest BCUT2D eigenvalue weighted by atomic mass is 32.2. The van der Waals surface area contributed by atoms with Gasteiger partial charge in [-0.3, -0.25) is 0 Å². The Morgan fingerprint density at radius 2 is 2.00 bits per heavy atom. The number of fused-ring (bicyclic) bond motifs is 1. The maximum atomic E-state index is 12.7. The number of benzene rings is 1. The van der Waals surface area contributed by atoms with Crippen molar-refractivity contribution < 1.29 is 14.3 Å². The lowest BCUT2D eigenvalue weighted by molar-refractivity contribution is -0.139. The van der Waals surface area contributed by atoms with Crippen LogP contribution < -0.4 is 4.74 Å². The molecule has 1 aromatic rings. The van der Waals surface area contributed by atoms with Gasteiger partial charge in [-0.15, -0.1) is 0 Å². The smallest absolute Gasteiger partial charge is 0.338 e. The Bertz CT molecular complexity index is 783. The maximum absolute atomic E-state index is 12.7. The minimum atomic E-state index is -0.330. The summed E-state index contributed by atoms with van der Waals surface area (Å²) in [5, 5.41) is 2.93. The minimum absolute atomic E-state index is 0.305. The molecule has 5 nitrogen and oxygen atoms in total. The number of rotatable bonds is 5. The van der Waals surface area contributed by atoms with E-state index in [0.29, 0.717) is 24.5 Å². The SMILES string of the molecule is CCOC(=O)C1=C(C)N=C2SC=C(C)N2[C@H]1c1ccccc1OCC. The summed E-state index contributed by atoms with van der Waals surface area (Å²) in [7, 11) is 0. The van der Waals surface area contributed by atoms with Crippen LogP contribution in [0.25, 0.3) is 0 Å². The number of thioether (sulfide) groups is 1. The van der Waals surface area contributed by atoms with Crippen LogP contribution in [-0.4, -0.2) is 29.3 Å². The Labute approximate surface area is 152 Å². The van der Waals surface area contributed by atoms with Gasteiger partial charge < -0.3 is 14.4 Å². The fourth-order valence-corrected chi connectivity index (χ4v) is 4.03. The summed E-state index contributed by atoms with van der Waals surface area (Å²) in [5.74, 6) is 0.444. The predicted molar refractivity (Wildman–Crippen MR) is 100 cm³/mol. The van der Waals surface area contributed by atoms with Gasteiger partial charge in [-0.25, -0.2) is 9.79 Å². The summed E-state index contributed by atoms with van der Waals surface area (Å²) in [4.78, 5) is 19.4. The summed E-state index contributed by atoms with van der Waals surface area (Å²) in [6.07, 6.45) is 0. The molecule has 1 atom stereocenters. The first-order chi connectivity index (χ1) is 12.1. The summed E-state index contributed by atoms with van der Waals surface area (Å²) in [6, 6.07) is 7.53. The first-order valence-electron chi connectivity index (χ1n) is 8.39. The molecule has 2 heterocycles. The van der Waals surface area contributed by atoms with E-state index in [4.69, 9.17) is 9.47 Å². The first kappa shape index (κ1) is 17.6. The number of hydrogen-bond acceptors (Lipinski definition) is 6. The molecule has 0 fully saturated rings. The van der Waals surface area contributed by atoms with E-state index in [-0.39, 0.29) is 12.0 Å². The summed E-state index contributed by atoms with van der Waals surface area (Å²) in [6.45, 7) is 8.54. The van der Waals surface area contributed by atoms with Crippen LogP contribution in [0.15, 0.2) is 51.6 Å². The second-order valence-electron chi connectivity index (χ2n) is 5.73. The zero-order valence-electron chi connectivity index (χ0n) is 14.9. The van der Waals surface area contributed by atoms with Gasteiger partial charge in [0, 0.05) is 11.3 Å². The number of hydrogen-bond donors (Lipinski definition) is 0. The second-order valence-corrected chi connectivity index (χ2v) is 6.57. The minimum Gasteiger partial charge on any atom is -0.494 e. The highest BCUT2D eigenvalue weighted by Crippen LogP contribution is 2.45. The maximum Gasteiger partial charge on any atom is 0.338 e. The number of amidine groups is 1. The fourth-order valence-electron chi connectivity index (χ4n) is 3.08. The van der Waals surface area contributed by atoms with Gasteiger partial charge in [0.05, 0.1) is 30.5 Å². The second kappa shape index (κ2) is 7.35. The van der Waals surface area contributed by atoms with Crippen LogP contribution in [0.1, 0.15) is 39.3 Å². The molecule has 3 rings (SSSR count). The van der Waals surface area contributed by atoms with Crippen LogP contribution in [0.5, 0.6) is 5.75 Å². The lowest BCUT2D eigenvalue weighted by atomic mass is 9.93. The molecule has 0 bridgehead atoms. The van der Waals surface area contributed by atoms with Crippen molar-refractivity contribution in [3.05, 3.63) is 52.2 Å². The molecule has 0 aliphatic carbocycles. The van der Waals surface area contributed by atoms with Crippen molar-refractivity contribution in [2.45, 2.75) is 33.7 Å². The Balaban J connectivity index is 2.17. The first-order valence-corrected chi connectivity index (χ1v) is 9.27. The quantitative estimate of drug-likeness (QED) is 0.737. The molecule has 2 aliphatic rings. The van der Waals surface area contributed by atoms with Gasteiger partial charge in [-0.2, -0.15) is 0 Å². The van der Waals surface area contributed by atoms with Crippen molar-refractivity contribution in [3.63, 3.8) is 0 Å². The van der Waals surface area contributed by atoms with Crippen LogP contribution in [0.3, 0.4) is 0 Å². The molecule has 0 amide bonds. The molecule has 0 spiro atoms. The molecule has 0 unspecified atom stereocenters. The number of aliphatic imine (C=N–C) groups is 1. The molecule has 132 valence electrons. The van der Waals surface area contributed by atoms with E-state index < -0.39 is 0 Å². The molecule has 0 saturated heterocycles. The molecule has 0 radical (unpaired) electrons. The van der Waals surface area contributed by atoms with Gasteiger partial charge in [0.1, 0.15) is 5.75 Å². The van der Waals surface area contributed by atoms with Crippen LogP contribution >= 0.6 is 11.8 Å². The molecule has 6 heteroatoms. The van der Waals surface area contributed by atoms with Gasteiger partial charge >= 0.3 is 5.97 Å². The average molecular weight is 358 g/mol. The Morgan fingerprint density at radius 3 is 2.72 bits per heavy atom. The summed E-state index contributed by atoms with van der Waals surface area (Å²) in [5.41, 5.74) is 3.24. The van der Waals surface area contributed by atoms with E-state index in [9.17, 15) is 4.79 Å². The normalized spacial score (nSPS) is 19.4. The van der Waals surface area contributed by atoms with Crippen molar-refractivity contribution in [2.75, 3.05) is 13.2 Å². The fraction of sp³-hybridized carbons (Fsp3) is 0.368. The van der Waals surface area contributed by atoms with Gasteiger partial charge in [0.15, 0.2) is 5.17 Å². The number of carbonyl (C=O) groups excluding carboxylic acids is 1. The van der Waals surface area contributed by atoms with Crippen LogP contribution in [0, 0.1) is 0 Å². The van der Waals surface area contributed by atoms with Crippen molar-refractivity contribution in [1.29, 1.82) is 0 Å². The Hall–Kier alpha value is -2.21. The van der Waals surface area contributed by atoms with Crippen molar-refractivity contribution in [2.24, 2.45) is 4.99 Å². The number of carbonyl (C=O) groups is 1.